The van der Waals surface area contributed by atoms with Crippen molar-refractivity contribution in [3.8, 4) is 5.19 Å². The highest BCUT2D eigenvalue weighted by Crippen LogP contribution is 2.59. The zero-order valence-electron chi connectivity index (χ0n) is 14.0. The molecule has 4 aliphatic rings. The molecule has 0 aromatic carbocycles. The summed E-state index contributed by atoms with van der Waals surface area (Å²) in [6, 6.07) is 0. The maximum Gasteiger partial charge on any atom is 0.414 e. The molecule has 1 heterocycles. The fraction of sp³-hybridized carbons (Fsp3) is 0.706. The number of nitrogens with zero attached hydrogens (tertiary/aromatic N) is 1. The monoisotopic (exact) mass is 365 g/mol. The Balaban J connectivity index is 1.29. The Labute approximate surface area is 150 Å². The summed E-state index contributed by atoms with van der Waals surface area (Å²) in [5, 5.41) is 13.3. The lowest BCUT2D eigenvalue weighted by Crippen LogP contribution is -2.51. The minimum absolute atomic E-state index is 0.0503. The third kappa shape index (κ3) is 3.64. The fourth-order valence-corrected chi connectivity index (χ4v) is 6.17. The maximum absolute atomic E-state index is 12.1. The second-order valence-corrected chi connectivity index (χ2v) is 8.80. The molecule has 0 unspecified atom stereocenters. The first kappa shape index (κ1) is 16.8. The van der Waals surface area contributed by atoms with Crippen LogP contribution in [0.4, 0.5) is 4.79 Å². The van der Waals surface area contributed by atoms with Crippen molar-refractivity contribution in [1.29, 1.82) is 0 Å². The van der Waals surface area contributed by atoms with Crippen molar-refractivity contribution < 1.29 is 19.5 Å². The molecule has 4 saturated carbocycles. The lowest BCUT2D eigenvalue weighted by molar-refractivity contribution is -0.128. The van der Waals surface area contributed by atoms with E-state index in [0.717, 1.165) is 29.1 Å². The summed E-state index contributed by atoms with van der Waals surface area (Å²) in [7, 11) is 0. The molecule has 7 nitrogen and oxygen atoms in total. The number of ether oxygens (including phenoxy) is 1. The molecule has 1 aromatic heterocycles. The van der Waals surface area contributed by atoms with Crippen LogP contribution >= 0.6 is 11.3 Å². The Hall–Kier alpha value is -1.67. The Morgan fingerprint density at radius 1 is 1.24 bits per heavy atom. The van der Waals surface area contributed by atoms with Gasteiger partial charge in [0, 0.05) is 11.9 Å². The highest BCUT2D eigenvalue weighted by atomic mass is 32.1. The summed E-state index contributed by atoms with van der Waals surface area (Å²) in [6.07, 6.45) is 7.31. The highest BCUT2D eigenvalue weighted by Gasteiger charge is 2.50. The van der Waals surface area contributed by atoms with Crippen LogP contribution in [0.3, 0.4) is 0 Å². The van der Waals surface area contributed by atoms with Gasteiger partial charge in [-0.1, -0.05) is 11.3 Å². The third-order valence-electron chi connectivity index (χ3n) is 5.95. The molecule has 0 radical (unpaired) electrons. The minimum atomic E-state index is -0.553. The van der Waals surface area contributed by atoms with E-state index < -0.39 is 12.0 Å². The molecule has 4 bridgehead atoms. The summed E-state index contributed by atoms with van der Waals surface area (Å²) in [5.41, 5.74) is 2.28. The van der Waals surface area contributed by atoms with Gasteiger partial charge in [-0.3, -0.25) is 10.0 Å². The van der Waals surface area contributed by atoms with E-state index in [0.29, 0.717) is 12.2 Å². The molecule has 4 aliphatic carbocycles. The summed E-state index contributed by atoms with van der Waals surface area (Å²) >= 11 is 1.16. The Bertz CT molecular complexity index is 639. The van der Waals surface area contributed by atoms with Gasteiger partial charge in [-0.2, -0.15) is 0 Å². The highest BCUT2D eigenvalue weighted by molar-refractivity contribution is 7.11. The lowest BCUT2D eigenvalue weighted by atomic mass is 9.49. The van der Waals surface area contributed by atoms with Gasteiger partial charge in [-0.15, -0.1) is 0 Å². The summed E-state index contributed by atoms with van der Waals surface area (Å²) in [5.74, 6) is 2.00. The van der Waals surface area contributed by atoms with Gasteiger partial charge in [-0.05, 0) is 61.7 Å². The molecule has 2 amide bonds. The van der Waals surface area contributed by atoms with Crippen LogP contribution < -0.4 is 15.5 Å². The van der Waals surface area contributed by atoms with Crippen LogP contribution in [0.2, 0.25) is 0 Å². The van der Waals surface area contributed by atoms with Gasteiger partial charge < -0.3 is 10.1 Å². The van der Waals surface area contributed by atoms with Gasteiger partial charge in [0.1, 0.15) is 0 Å². The van der Waals surface area contributed by atoms with E-state index in [9.17, 15) is 9.59 Å². The molecule has 3 N–H and O–H groups in total. The minimum Gasteiger partial charge on any atom is -0.381 e. The number of hydrogen-bond donors (Lipinski definition) is 3. The number of carbonyl (C=O) groups excluding carboxylic acids is 2. The van der Waals surface area contributed by atoms with Gasteiger partial charge in [0.05, 0.1) is 12.1 Å². The number of nitrogens with one attached hydrogen (secondary N) is 2. The normalized spacial score (nSPS) is 32.4. The second-order valence-electron chi connectivity index (χ2n) is 7.98. The topological polar surface area (TPSA) is 101 Å². The van der Waals surface area contributed by atoms with Crippen LogP contribution in [0.15, 0.2) is 5.38 Å². The molecule has 25 heavy (non-hydrogen) atoms. The Morgan fingerprint density at radius 2 is 1.88 bits per heavy atom. The van der Waals surface area contributed by atoms with Gasteiger partial charge in [-0.25, -0.2) is 15.3 Å². The van der Waals surface area contributed by atoms with Crippen molar-refractivity contribution in [2.75, 3.05) is 6.54 Å². The number of thiazole rings is 1. The van der Waals surface area contributed by atoms with Crippen molar-refractivity contribution in [2.24, 2.45) is 23.2 Å². The molecule has 0 saturated heterocycles. The number of hydroxylamine groups is 1. The largest absolute Gasteiger partial charge is 0.414 e. The number of aromatic nitrogens is 1. The van der Waals surface area contributed by atoms with E-state index in [4.69, 9.17) is 9.94 Å². The molecule has 136 valence electrons. The third-order valence-corrected chi connectivity index (χ3v) is 6.72. The van der Waals surface area contributed by atoms with Crippen LogP contribution in [0.1, 0.15) is 44.2 Å². The standard InChI is InChI=1S/C17H23N3O4S/c21-14(20-23)4-13-8-25-16(19-13)24-15(22)18-9-17-5-10-1-11(6-17)3-12(2-10)7-17/h8,10-12,23H,1-7,9H2,(H,18,22)(H,20,21). The number of rotatable bonds is 5. The van der Waals surface area contributed by atoms with E-state index >= 15 is 0 Å². The van der Waals surface area contributed by atoms with Gasteiger partial charge in [0.2, 0.25) is 5.91 Å². The maximum atomic E-state index is 12.1. The quantitative estimate of drug-likeness (QED) is 0.550. The van der Waals surface area contributed by atoms with Crippen LogP contribution in [0.25, 0.3) is 0 Å². The Morgan fingerprint density at radius 3 is 2.48 bits per heavy atom. The predicted molar refractivity (Wildman–Crippen MR) is 90.4 cm³/mol. The Kier molecular flexibility index (Phi) is 4.41. The van der Waals surface area contributed by atoms with Gasteiger partial charge in [0.15, 0.2) is 0 Å². The molecule has 8 heteroatoms. The summed E-state index contributed by atoms with van der Waals surface area (Å²) in [4.78, 5) is 27.3. The summed E-state index contributed by atoms with van der Waals surface area (Å²) in [6.45, 7) is 0.681. The molecular formula is C17H23N3O4S. The van der Waals surface area contributed by atoms with E-state index in [-0.39, 0.29) is 17.0 Å². The number of hydrogen-bond acceptors (Lipinski definition) is 6. The zero-order chi connectivity index (χ0) is 17.4. The van der Waals surface area contributed by atoms with E-state index in [2.05, 4.69) is 10.3 Å². The molecule has 4 fully saturated rings. The van der Waals surface area contributed by atoms with Crippen molar-refractivity contribution >= 4 is 23.3 Å². The first-order chi connectivity index (χ1) is 12.0. The predicted octanol–water partition coefficient (Wildman–Crippen LogP) is 2.50. The first-order valence-electron chi connectivity index (χ1n) is 8.86. The molecule has 5 rings (SSSR count). The number of amides is 2. The van der Waals surface area contributed by atoms with E-state index in [1.807, 2.05) is 0 Å². The molecule has 0 spiro atoms. The van der Waals surface area contributed by atoms with Crippen molar-refractivity contribution in [3.63, 3.8) is 0 Å². The zero-order valence-corrected chi connectivity index (χ0v) is 14.8. The molecule has 0 atom stereocenters. The van der Waals surface area contributed by atoms with E-state index in [1.54, 1.807) is 10.9 Å². The van der Waals surface area contributed by atoms with Crippen molar-refractivity contribution in [3.05, 3.63) is 11.1 Å². The lowest BCUT2D eigenvalue weighted by Gasteiger charge is -2.56. The van der Waals surface area contributed by atoms with Crippen LogP contribution in [0.5, 0.6) is 5.19 Å². The molecule has 1 aromatic rings. The van der Waals surface area contributed by atoms with Gasteiger partial charge in [0.25, 0.3) is 5.19 Å². The van der Waals surface area contributed by atoms with Crippen LogP contribution in [0, 0.1) is 23.2 Å². The van der Waals surface area contributed by atoms with Crippen LogP contribution in [-0.4, -0.2) is 28.7 Å². The van der Waals surface area contributed by atoms with Crippen LogP contribution in [-0.2, 0) is 11.2 Å². The SMILES string of the molecule is O=C(Cc1csc(OC(=O)NCC23CC4CC(CC(C4)C2)C3)n1)NO. The summed E-state index contributed by atoms with van der Waals surface area (Å²) < 4.78 is 5.24. The second kappa shape index (κ2) is 6.57. The molecule has 0 aliphatic heterocycles. The number of carbonyl (C=O) groups is 2. The van der Waals surface area contributed by atoms with Crippen molar-refractivity contribution in [2.45, 2.75) is 44.9 Å². The van der Waals surface area contributed by atoms with Crippen molar-refractivity contribution in [1.82, 2.24) is 15.8 Å². The van der Waals surface area contributed by atoms with Gasteiger partial charge >= 0.3 is 6.09 Å². The first-order valence-corrected chi connectivity index (χ1v) is 9.74. The van der Waals surface area contributed by atoms with E-state index in [1.165, 1.54) is 38.5 Å². The molecular weight excluding hydrogens is 342 g/mol. The smallest absolute Gasteiger partial charge is 0.381 e. The average molecular weight is 365 g/mol. The fourth-order valence-electron chi connectivity index (χ4n) is 5.50. The average Bonchev–Trinajstić information content (AvgIpc) is 2.98.